The summed E-state index contributed by atoms with van der Waals surface area (Å²) in [4.78, 5) is 20.3. The summed E-state index contributed by atoms with van der Waals surface area (Å²) in [6.07, 6.45) is 1.55. The van der Waals surface area contributed by atoms with Crippen LogP contribution in [0.3, 0.4) is 0 Å². The highest BCUT2D eigenvalue weighted by Gasteiger charge is 2.12. The first kappa shape index (κ1) is 14.8. The van der Waals surface area contributed by atoms with Crippen molar-refractivity contribution in [3.63, 3.8) is 0 Å². The zero-order chi connectivity index (χ0) is 14.7. The number of halogens is 2. The van der Waals surface area contributed by atoms with Crippen LogP contribution in [0, 0.1) is 0 Å². The maximum Gasteiger partial charge on any atom is 0.255 e. The van der Waals surface area contributed by atoms with Crippen LogP contribution in [0.5, 0.6) is 0 Å². The highest BCUT2D eigenvalue weighted by Crippen LogP contribution is 2.21. The van der Waals surface area contributed by atoms with Gasteiger partial charge in [-0.25, -0.2) is 9.97 Å². The lowest BCUT2D eigenvalue weighted by Gasteiger charge is -2.09. The number of rotatable bonds is 3. The minimum atomic E-state index is -0.300. The summed E-state index contributed by atoms with van der Waals surface area (Å²) in [5, 5.41) is 3.23. The summed E-state index contributed by atoms with van der Waals surface area (Å²) in [5.74, 6) is -0.117. The molecule has 0 unspecified atom stereocenters. The predicted molar refractivity (Wildman–Crippen MR) is 80.5 cm³/mol. The minimum absolute atomic E-state index is 0.183. The van der Waals surface area contributed by atoms with E-state index in [0.717, 1.165) is 5.69 Å². The largest absolute Gasteiger partial charge is 0.319 e. The first-order valence-electron chi connectivity index (χ1n) is 6.06. The Morgan fingerprint density at radius 3 is 2.70 bits per heavy atom. The Morgan fingerprint density at radius 1 is 1.30 bits per heavy atom. The van der Waals surface area contributed by atoms with E-state index >= 15 is 0 Å². The Kier molecular flexibility index (Phi) is 4.57. The number of amides is 1. The van der Waals surface area contributed by atoms with E-state index in [2.05, 4.69) is 15.3 Å². The molecule has 4 nitrogen and oxygen atoms in total. The van der Waals surface area contributed by atoms with E-state index in [-0.39, 0.29) is 17.0 Å². The normalized spacial score (nSPS) is 10.7. The molecule has 0 saturated heterocycles. The van der Waals surface area contributed by atoms with Crippen LogP contribution >= 0.6 is 23.2 Å². The van der Waals surface area contributed by atoms with Crippen LogP contribution in [0.25, 0.3) is 0 Å². The second kappa shape index (κ2) is 6.20. The number of carbonyl (C=O) groups excluding carboxylic acids is 1. The minimum Gasteiger partial charge on any atom is -0.319 e. The molecule has 20 heavy (non-hydrogen) atoms. The molecule has 1 N–H and O–H groups in total. The van der Waals surface area contributed by atoms with Crippen LogP contribution in [0.15, 0.2) is 30.5 Å². The van der Waals surface area contributed by atoms with Gasteiger partial charge in [0.25, 0.3) is 5.91 Å². The van der Waals surface area contributed by atoms with Crippen LogP contribution < -0.4 is 5.32 Å². The van der Waals surface area contributed by atoms with Crippen molar-refractivity contribution >= 4 is 34.8 Å². The number of anilines is 1. The molecule has 6 heteroatoms. The molecule has 0 saturated carbocycles. The van der Waals surface area contributed by atoms with Crippen molar-refractivity contribution in [2.24, 2.45) is 0 Å². The van der Waals surface area contributed by atoms with Crippen molar-refractivity contribution in [1.29, 1.82) is 0 Å². The number of hydrogen-bond donors (Lipinski definition) is 1. The maximum absolute atomic E-state index is 12.2. The predicted octanol–water partition coefficient (Wildman–Crippen LogP) is 4.16. The summed E-state index contributed by atoms with van der Waals surface area (Å²) in [6.45, 7) is 3.97. The van der Waals surface area contributed by atoms with Crippen LogP contribution in [-0.4, -0.2) is 15.9 Å². The Morgan fingerprint density at radius 2 is 2.05 bits per heavy atom. The Hall–Kier alpha value is -1.65. The Balaban J connectivity index is 2.28. The monoisotopic (exact) mass is 309 g/mol. The van der Waals surface area contributed by atoms with E-state index in [1.165, 1.54) is 6.07 Å². The van der Waals surface area contributed by atoms with E-state index in [1.807, 2.05) is 13.8 Å². The number of nitrogens with one attached hydrogen (secondary N) is 1. The average molecular weight is 310 g/mol. The fourth-order valence-electron chi connectivity index (χ4n) is 1.62. The number of nitrogens with zero attached hydrogens (tertiary/aromatic N) is 2. The van der Waals surface area contributed by atoms with Crippen LogP contribution in [0.1, 0.15) is 35.8 Å². The molecule has 2 rings (SSSR count). The lowest BCUT2D eigenvalue weighted by Crippen LogP contribution is -2.13. The quantitative estimate of drug-likeness (QED) is 0.866. The number of hydrogen-bond acceptors (Lipinski definition) is 3. The standard InChI is InChI=1S/C14H13Cl2N3O/c1-8(2)11-6-9(7-12(15)18-11)14(20)19-10-4-3-5-17-13(10)16/h3-8H,1-2H3,(H,19,20). The molecule has 1 amide bonds. The smallest absolute Gasteiger partial charge is 0.255 e. The summed E-state index contributed by atoms with van der Waals surface area (Å²) < 4.78 is 0. The van der Waals surface area contributed by atoms with Crippen molar-refractivity contribution < 1.29 is 4.79 Å². The van der Waals surface area contributed by atoms with E-state index in [1.54, 1.807) is 24.4 Å². The highest BCUT2D eigenvalue weighted by atomic mass is 35.5. The number of aromatic nitrogens is 2. The number of pyridine rings is 2. The van der Waals surface area contributed by atoms with Crippen LogP contribution in [0.2, 0.25) is 10.3 Å². The Labute approximate surface area is 127 Å². The SMILES string of the molecule is CC(C)c1cc(C(=O)Nc2cccnc2Cl)cc(Cl)n1. The van der Waals surface area contributed by atoms with Crippen molar-refractivity contribution in [2.75, 3.05) is 5.32 Å². The van der Waals surface area contributed by atoms with Gasteiger partial charge in [-0.05, 0) is 30.2 Å². The van der Waals surface area contributed by atoms with Crippen molar-refractivity contribution in [3.05, 3.63) is 52.0 Å². The van der Waals surface area contributed by atoms with Crippen molar-refractivity contribution in [2.45, 2.75) is 19.8 Å². The van der Waals surface area contributed by atoms with Gasteiger partial charge < -0.3 is 5.32 Å². The maximum atomic E-state index is 12.2. The second-order valence-electron chi connectivity index (χ2n) is 4.55. The van der Waals surface area contributed by atoms with Crippen LogP contribution in [0.4, 0.5) is 5.69 Å². The molecule has 2 aromatic rings. The van der Waals surface area contributed by atoms with E-state index < -0.39 is 0 Å². The van der Waals surface area contributed by atoms with Crippen molar-refractivity contribution in [3.8, 4) is 0 Å². The van der Waals surface area contributed by atoms with Gasteiger partial charge >= 0.3 is 0 Å². The van der Waals surface area contributed by atoms with Gasteiger partial charge in [-0.15, -0.1) is 0 Å². The van der Waals surface area contributed by atoms with Gasteiger partial charge in [-0.2, -0.15) is 0 Å². The van der Waals surface area contributed by atoms with Gasteiger partial charge in [0.05, 0.1) is 5.69 Å². The van der Waals surface area contributed by atoms with Gasteiger partial charge in [0.1, 0.15) is 5.15 Å². The van der Waals surface area contributed by atoms with E-state index in [0.29, 0.717) is 16.4 Å². The second-order valence-corrected chi connectivity index (χ2v) is 5.30. The molecule has 2 aromatic heterocycles. The zero-order valence-corrected chi connectivity index (χ0v) is 12.5. The fourth-order valence-corrected chi connectivity index (χ4v) is 2.00. The molecule has 0 atom stereocenters. The van der Waals surface area contributed by atoms with E-state index in [9.17, 15) is 4.79 Å². The van der Waals surface area contributed by atoms with Gasteiger partial charge in [-0.1, -0.05) is 37.0 Å². The fraction of sp³-hybridized carbons (Fsp3) is 0.214. The zero-order valence-electron chi connectivity index (χ0n) is 11.0. The summed E-state index contributed by atoms with van der Waals surface area (Å²) in [7, 11) is 0. The molecule has 0 aliphatic heterocycles. The number of carbonyl (C=O) groups is 1. The van der Waals surface area contributed by atoms with E-state index in [4.69, 9.17) is 23.2 Å². The molecule has 0 radical (unpaired) electrons. The molecular formula is C14H13Cl2N3O. The van der Waals surface area contributed by atoms with Gasteiger partial charge in [-0.3, -0.25) is 4.79 Å². The summed E-state index contributed by atoms with van der Waals surface area (Å²) in [5.41, 5.74) is 1.66. The third kappa shape index (κ3) is 3.46. The van der Waals surface area contributed by atoms with Crippen molar-refractivity contribution in [1.82, 2.24) is 9.97 Å². The molecule has 0 fully saturated rings. The van der Waals surface area contributed by atoms with Gasteiger partial charge in [0.15, 0.2) is 5.15 Å². The Bertz CT molecular complexity index is 644. The topological polar surface area (TPSA) is 54.9 Å². The molecule has 0 bridgehead atoms. The molecule has 2 heterocycles. The lowest BCUT2D eigenvalue weighted by molar-refractivity contribution is 0.102. The van der Waals surface area contributed by atoms with Gasteiger partial charge in [0.2, 0.25) is 0 Å². The molecule has 0 aromatic carbocycles. The first-order chi connectivity index (χ1) is 9.47. The lowest BCUT2D eigenvalue weighted by atomic mass is 10.1. The molecule has 0 aliphatic carbocycles. The highest BCUT2D eigenvalue weighted by molar-refractivity contribution is 6.32. The van der Waals surface area contributed by atoms with Gasteiger partial charge in [0, 0.05) is 17.5 Å². The average Bonchev–Trinajstić information content (AvgIpc) is 2.40. The first-order valence-corrected chi connectivity index (χ1v) is 6.82. The third-order valence-electron chi connectivity index (χ3n) is 2.67. The molecule has 104 valence electrons. The molecule has 0 spiro atoms. The van der Waals surface area contributed by atoms with Crippen LogP contribution in [-0.2, 0) is 0 Å². The molecular weight excluding hydrogens is 297 g/mol. The molecule has 0 aliphatic rings. The summed E-state index contributed by atoms with van der Waals surface area (Å²) in [6, 6.07) is 6.61. The third-order valence-corrected chi connectivity index (χ3v) is 3.17. The summed E-state index contributed by atoms with van der Waals surface area (Å²) >= 11 is 11.8.